The highest BCUT2D eigenvalue weighted by atomic mass is 35.5. The lowest BCUT2D eigenvalue weighted by Gasteiger charge is -2.18. The maximum atomic E-state index is 13.5. The summed E-state index contributed by atoms with van der Waals surface area (Å²) in [5.74, 6) is 0.315. The monoisotopic (exact) mass is 597 g/mol. The van der Waals surface area contributed by atoms with Crippen molar-refractivity contribution in [1.29, 1.82) is 5.26 Å². The molecule has 2 N–H and O–H groups in total. The number of fused-ring (bicyclic) bond motifs is 1. The van der Waals surface area contributed by atoms with Gasteiger partial charge in [-0.15, -0.1) is 0 Å². The number of rotatable bonds is 10. The Labute approximate surface area is 238 Å². The summed E-state index contributed by atoms with van der Waals surface area (Å²) in [6.07, 6.45) is 1.38. The van der Waals surface area contributed by atoms with Gasteiger partial charge >= 0.3 is 0 Å². The number of nitrogens with one attached hydrogen (secondary N) is 1. The molecule has 0 saturated carbocycles. The molecule has 1 aliphatic heterocycles. The van der Waals surface area contributed by atoms with Gasteiger partial charge in [-0.2, -0.15) is 10.2 Å². The summed E-state index contributed by atoms with van der Waals surface area (Å²) in [4.78, 5) is 12.6. The number of aliphatic hydroxyl groups excluding tert-OH is 1. The predicted molar refractivity (Wildman–Crippen MR) is 144 cm³/mol. The van der Waals surface area contributed by atoms with Crippen molar-refractivity contribution in [2.75, 3.05) is 31.8 Å². The summed E-state index contributed by atoms with van der Waals surface area (Å²) in [6.45, 7) is -0.638. The third kappa shape index (κ3) is 6.02. The lowest BCUT2D eigenvalue weighted by Crippen LogP contribution is -2.16. The van der Waals surface area contributed by atoms with Gasteiger partial charge in [0.1, 0.15) is 29.9 Å². The Morgan fingerprint density at radius 3 is 2.73 bits per heavy atom. The van der Waals surface area contributed by atoms with E-state index < -0.39 is 10.0 Å². The van der Waals surface area contributed by atoms with Crippen LogP contribution in [0.2, 0.25) is 5.02 Å². The highest BCUT2D eigenvalue weighted by molar-refractivity contribution is 7.92. The molecule has 0 radical (unpaired) electrons. The first-order chi connectivity index (χ1) is 19.8. The molecule has 2 aromatic heterocycles. The molecule has 0 saturated heterocycles. The minimum atomic E-state index is -4.30. The summed E-state index contributed by atoms with van der Waals surface area (Å²) in [5, 5.41) is 18.9. The number of hydrogen-bond acceptors (Lipinski definition) is 12. The molecule has 13 nitrogen and oxygen atoms in total. The summed E-state index contributed by atoms with van der Waals surface area (Å²) < 4.78 is 57.0. The maximum Gasteiger partial charge on any atom is 0.263 e. The Kier molecular flexibility index (Phi) is 7.92. The average Bonchev–Trinajstić information content (AvgIpc) is 3.46. The van der Waals surface area contributed by atoms with Gasteiger partial charge in [0, 0.05) is 23.9 Å². The zero-order valence-corrected chi connectivity index (χ0v) is 22.8. The number of hydrogen-bond donors (Lipinski definition) is 2. The number of pyridine rings is 1. The molecule has 41 heavy (non-hydrogen) atoms. The van der Waals surface area contributed by atoms with E-state index in [1.165, 1.54) is 55.8 Å². The van der Waals surface area contributed by atoms with E-state index in [1.54, 1.807) is 6.07 Å². The van der Waals surface area contributed by atoms with Gasteiger partial charge in [0.15, 0.2) is 23.1 Å². The van der Waals surface area contributed by atoms with E-state index in [2.05, 4.69) is 19.7 Å². The summed E-state index contributed by atoms with van der Waals surface area (Å²) in [7, 11) is -2.85. The van der Waals surface area contributed by atoms with Gasteiger partial charge in [-0.05, 0) is 36.4 Å². The number of nitrogens with zero attached hydrogens (tertiary/aromatic N) is 4. The maximum absolute atomic E-state index is 13.5. The zero-order valence-electron chi connectivity index (χ0n) is 21.2. The van der Waals surface area contributed by atoms with E-state index in [1.807, 2.05) is 6.07 Å². The van der Waals surface area contributed by atoms with Crippen LogP contribution < -0.4 is 28.4 Å². The molecule has 1 aliphatic rings. The Bertz CT molecular complexity index is 1760. The van der Waals surface area contributed by atoms with Gasteiger partial charge in [0.25, 0.3) is 15.9 Å². The number of aromatic nitrogens is 3. The molecule has 4 aromatic rings. The second kappa shape index (κ2) is 11.7. The van der Waals surface area contributed by atoms with Gasteiger partial charge in [0.05, 0.1) is 23.6 Å². The van der Waals surface area contributed by atoms with E-state index >= 15 is 0 Å². The molecular weight excluding hydrogens is 578 g/mol. The molecule has 210 valence electrons. The van der Waals surface area contributed by atoms with Crippen LogP contribution in [0.5, 0.6) is 34.6 Å². The van der Waals surface area contributed by atoms with Crippen LogP contribution in [0, 0.1) is 11.3 Å². The lowest BCUT2D eigenvalue weighted by atomic mass is 10.2. The van der Waals surface area contributed by atoms with Crippen LogP contribution in [0.4, 0.5) is 5.82 Å². The molecule has 0 amide bonds. The van der Waals surface area contributed by atoms with Crippen molar-refractivity contribution >= 4 is 27.4 Å². The third-order valence-corrected chi connectivity index (χ3v) is 7.18. The van der Waals surface area contributed by atoms with Crippen molar-refractivity contribution in [3.05, 3.63) is 65.4 Å². The first-order valence-electron chi connectivity index (χ1n) is 11.8. The van der Waals surface area contributed by atoms with Crippen LogP contribution in [0.25, 0.3) is 11.4 Å². The van der Waals surface area contributed by atoms with Crippen LogP contribution in [0.3, 0.4) is 0 Å². The van der Waals surface area contributed by atoms with Crippen LogP contribution in [0.1, 0.15) is 5.69 Å². The van der Waals surface area contributed by atoms with Gasteiger partial charge in [0.2, 0.25) is 12.5 Å². The van der Waals surface area contributed by atoms with E-state index in [0.29, 0.717) is 17.1 Å². The van der Waals surface area contributed by atoms with Gasteiger partial charge in [-0.1, -0.05) is 11.6 Å². The van der Waals surface area contributed by atoms with Crippen molar-refractivity contribution in [3.8, 4) is 52.1 Å². The smallest absolute Gasteiger partial charge is 0.263 e. The number of benzene rings is 2. The van der Waals surface area contributed by atoms with Gasteiger partial charge in [-0.25, -0.2) is 18.4 Å². The fraction of sp³-hybridized carbons (Fsp3) is 0.154. The molecule has 0 unspecified atom stereocenters. The summed E-state index contributed by atoms with van der Waals surface area (Å²) in [6, 6.07) is 13.6. The zero-order chi connectivity index (χ0) is 29.0. The van der Waals surface area contributed by atoms with Crippen LogP contribution in [0.15, 0.2) is 59.6 Å². The standard InChI is InChI=1S/C26H20ClN5O8S/c1-36-17-2-4-19(27)21(11-17)40-23-25(32-41(34,35)18-3-5-20-22(12-18)39-14-38-20)30-24(31-26(23)37-9-8-33)15-6-7-29-16(10-15)13-28/h2-7,10-12,33H,8-9,14H2,1H3,(H,30,31,32). The summed E-state index contributed by atoms with van der Waals surface area (Å²) >= 11 is 6.35. The van der Waals surface area contributed by atoms with E-state index in [9.17, 15) is 18.8 Å². The molecule has 0 bridgehead atoms. The average molecular weight is 598 g/mol. The van der Waals surface area contributed by atoms with Crippen LogP contribution in [-0.2, 0) is 10.0 Å². The van der Waals surface area contributed by atoms with Crippen molar-refractivity contribution in [3.63, 3.8) is 0 Å². The first kappa shape index (κ1) is 27.7. The predicted octanol–water partition coefficient (Wildman–Crippen LogP) is 3.77. The second-order valence-electron chi connectivity index (χ2n) is 8.16. The van der Waals surface area contributed by atoms with Crippen LogP contribution >= 0.6 is 11.6 Å². The quantitative estimate of drug-likeness (QED) is 0.271. The van der Waals surface area contributed by atoms with Crippen molar-refractivity contribution in [2.24, 2.45) is 0 Å². The first-order valence-corrected chi connectivity index (χ1v) is 13.6. The molecule has 5 rings (SSSR count). The number of sulfonamides is 1. The second-order valence-corrected chi connectivity index (χ2v) is 10.3. The number of nitriles is 1. The normalized spacial score (nSPS) is 12.0. The highest BCUT2D eigenvalue weighted by Gasteiger charge is 2.27. The lowest BCUT2D eigenvalue weighted by molar-refractivity contribution is 0.174. The fourth-order valence-electron chi connectivity index (χ4n) is 3.62. The van der Waals surface area contributed by atoms with Crippen molar-refractivity contribution in [1.82, 2.24) is 15.0 Å². The molecule has 0 fully saturated rings. The fourth-order valence-corrected chi connectivity index (χ4v) is 4.80. The third-order valence-electron chi connectivity index (χ3n) is 5.53. The van der Waals surface area contributed by atoms with Crippen molar-refractivity contribution < 1.29 is 37.2 Å². The Morgan fingerprint density at radius 1 is 1.12 bits per heavy atom. The number of anilines is 1. The number of aliphatic hydroxyl groups is 1. The SMILES string of the molecule is COc1ccc(Cl)c(Oc2c(NS(=O)(=O)c3ccc4c(c3)OCO4)nc(-c3ccnc(C#N)c3)nc2OCCO)c1. The highest BCUT2D eigenvalue weighted by Crippen LogP contribution is 2.42. The van der Waals surface area contributed by atoms with Crippen LogP contribution in [-0.4, -0.2) is 55.6 Å². The number of halogens is 1. The Balaban J connectivity index is 1.67. The minimum absolute atomic E-state index is 0.0238. The van der Waals surface area contributed by atoms with Gasteiger partial charge in [-0.3, -0.25) is 4.72 Å². The molecule has 15 heteroatoms. The molecule has 0 atom stereocenters. The topological polar surface area (TPSA) is 175 Å². The van der Waals surface area contributed by atoms with E-state index in [0.717, 1.165) is 0 Å². The molecule has 3 heterocycles. The van der Waals surface area contributed by atoms with E-state index in [4.69, 9.17) is 35.3 Å². The molecule has 2 aromatic carbocycles. The van der Waals surface area contributed by atoms with Gasteiger partial charge < -0.3 is 28.8 Å². The molecular formula is C26H20ClN5O8S. The van der Waals surface area contributed by atoms with Crippen molar-refractivity contribution in [2.45, 2.75) is 4.90 Å². The number of methoxy groups -OCH3 is 1. The minimum Gasteiger partial charge on any atom is -0.497 e. The largest absolute Gasteiger partial charge is 0.497 e. The van der Waals surface area contributed by atoms with E-state index in [-0.39, 0.29) is 70.4 Å². The molecule has 0 spiro atoms. The molecule has 0 aliphatic carbocycles. The Hall–Kier alpha value is -4.84. The Morgan fingerprint density at radius 2 is 1.95 bits per heavy atom. The summed E-state index contributed by atoms with van der Waals surface area (Å²) in [5.41, 5.74) is 0.412. The number of ether oxygens (including phenoxy) is 5.